The molecule has 0 aliphatic rings. The van der Waals surface area contributed by atoms with E-state index in [1.807, 2.05) is 12.1 Å². The van der Waals surface area contributed by atoms with Gasteiger partial charge in [0.05, 0.1) is 0 Å². The molecule has 0 saturated heterocycles. The number of anilines is 1. The second-order valence-electron chi connectivity index (χ2n) is 7.48. The second-order valence-corrected chi connectivity index (χ2v) is 7.48. The van der Waals surface area contributed by atoms with Crippen LogP contribution in [0.1, 0.15) is 26.3 Å². The molecule has 0 aliphatic carbocycles. The first-order chi connectivity index (χ1) is 12.0. The highest BCUT2D eigenvalue weighted by Gasteiger charge is 2.23. The lowest BCUT2D eigenvalue weighted by Gasteiger charge is -2.38. The Morgan fingerprint density at radius 1 is 0.760 bits per heavy atom. The van der Waals surface area contributed by atoms with E-state index in [0.29, 0.717) is 0 Å². The Bertz CT molecular complexity index is 1010. The average Bonchev–Trinajstić information content (AvgIpc) is 2.99. The summed E-state index contributed by atoms with van der Waals surface area (Å²) in [6.45, 7) is 7.56. The normalized spacial score (nSPS) is 12.0. The van der Waals surface area contributed by atoms with E-state index < -0.39 is 0 Å². The van der Waals surface area contributed by atoms with Crippen LogP contribution in [0.15, 0.2) is 77.2 Å². The van der Waals surface area contributed by atoms with E-state index in [9.17, 15) is 0 Å². The summed E-state index contributed by atoms with van der Waals surface area (Å²) < 4.78 is 6.21. The molecule has 0 aliphatic heterocycles. The Morgan fingerprint density at radius 2 is 1.44 bits per heavy atom. The highest BCUT2D eigenvalue weighted by atomic mass is 16.3. The van der Waals surface area contributed by atoms with Crippen LogP contribution in [0, 0.1) is 0 Å². The molecule has 0 radical (unpaired) electrons. The molecule has 3 aromatic carbocycles. The van der Waals surface area contributed by atoms with Gasteiger partial charge in [-0.15, -0.1) is 0 Å². The van der Waals surface area contributed by atoms with Crippen molar-refractivity contribution in [3.05, 3.63) is 78.4 Å². The van der Waals surface area contributed by atoms with Gasteiger partial charge in [0.2, 0.25) is 0 Å². The van der Waals surface area contributed by atoms with Crippen molar-refractivity contribution in [3.8, 4) is 0 Å². The Balaban J connectivity index is 1.83. The molecule has 1 aromatic heterocycles. The van der Waals surface area contributed by atoms with E-state index in [0.717, 1.165) is 17.7 Å². The molecule has 4 aromatic rings. The summed E-state index contributed by atoms with van der Waals surface area (Å²) in [5, 5.41) is 2.37. The van der Waals surface area contributed by atoms with Crippen molar-refractivity contribution < 1.29 is 4.42 Å². The number of fused-ring (bicyclic) bond motifs is 3. The molecule has 0 unspecified atom stereocenters. The molecule has 2 nitrogen and oxygen atoms in total. The molecular formula is C23H23NO. The third kappa shape index (κ3) is 2.89. The van der Waals surface area contributed by atoms with Gasteiger partial charge in [0.1, 0.15) is 11.2 Å². The van der Waals surface area contributed by atoms with Crippen LogP contribution in [0.25, 0.3) is 21.9 Å². The van der Waals surface area contributed by atoms with Crippen molar-refractivity contribution in [2.24, 2.45) is 0 Å². The van der Waals surface area contributed by atoms with Gasteiger partial charge in [-0.2, -0.15) is 0 Å². The molecule has 0 atom stereocenters. The fourth-order valence-electron chi connectivity index (χ4n) is 3.42. The summed E-state index contributed by atoms with van der Waals surface area (Å²) in [6.07, 6.45) is 0. The predicted molar refractivity (Wildman–Crippen MR) is 106 cm³/mol. The largest absolute Gasteiger partial charge is 0.456 e. The zero-order chi connectivity index (χ0) is 17.4. The van der Waals surface area contributed by atoms with Crippen molar-refractivity contribution in [3.63, 3.8) is 0 Å². The first-order valence-electron chi connectivity index (χ1n) is 8.76. The van der Waals surface area contributed by atoms with Crippen LogP contribution < -0.4 is 4.90 Å². The highest BCUT2D eigenvalue weighted by Crippen LogP contribution is 2.33. The minimum atomic E-state index is 0.00946. The number of nitrogens with zero attached hydrogens (tertiary/aromatic N) is 1. The number of rotatable bonds is 3. The summed E-state index contributed by atoms with van der Waals surface area (Å²) >= 11 is 0. The molecule has 0 fully saturated rings. The molecule has 4 rings (SSSR count). The molecule has 0 N–H and O–H groups in total. The molecule has 0 amide bonds. The predicted octanol–water partition coefficient (Wildman–Crippen LogP) is 6.39. The third-order valence-corrected chi connectivity index (χ3v) is 4.69. The van der Waals surface area contributed by atoms with E-state index in [-0.39, 0.29) is 5.54 Å². The SMILES string of the molecule is CC(C)(C)N(Cc1cccc2c1oc1ccccc12)c1ccccc1. The van der Waals surface area contributed by atoms with Crippen LogP contribution in [-0.2, 0) is 6.54 Å². The lowest BCUT2D eigenvalue weighted by Crippen LogP contribution is -2.40. The highest BCUT2D eigenvalue weighted by molar-refractivity contribution is 6.05. The number of furan rings is 1. The minimum absolute atomic E-state index is 0.00946. The third-order valence-electron chi connectivity index (χ3n) is 4.69. The molecule has 25 heavy (non-hydrogen) atoms. The zero-order valence-electron chi connectivity index (χ0n) is 15.0. The Labute approximate surface area is 148 Å². The van der Waals surface area contributed by atoms with Gasteiger partial charge in [0.25, 0.3) is 0 Å². The number of hydrogen-bond acceptors (Lipinski definition) is 2. The summed E-state index contributed by atoms with van der Waals surface area (Å²) in [5.41, 5.74) is 4.40. The lowest BCUT2D eigenvalue weighted by atomic mass is 10.0. The summed E-state index contributed by atoms with van der Waals surface area (Å²) in [7, 11) is 0. The van der Waals surface area contributed by atoms with E-state index in [4.69, 9.17) is 4.42 Å². The van der Waals surface area contributed by atoms with E-state index >= 15 is 0 Å². The Hall–Kier alpha value is -2.74. The van der Waals surface area contributed by atoms with E-state index in [1.165, 1.54) is 22.0 Å². The maximum Gasteiger partial charge on any atom is 0.140 e. The molecule has 126 valence electrons. The fraction of sp³-hybridized carbons (Fsp3) is 0.217. The maximum atomic E-state index is 6.21. The van der Waals surface area contributed by atoms with Gasteiger partial charge < -0.3 is 9.32 Å². The molecule has 0 saturated carbocycles. The summed E-state index contributed by atoms with van der Waals surface area (Å²) in [5.74, 6) is 0. The van der Waals surface area contributed by atoms with Crippen molar-refractivity contribution in [1.82, 2.24) is 0 Å². The molecular weight excluding hydrogens is 306 g/mol. The summed E-state index contributed by atoms with van der Waals surface area (Å²) in [4.78, 5) is 2.43. The maximum absolute atomic E-state index is 6.21. The quantitative estimate of drug-likeness (QED) is 0.433. The Morgan fingerprint density at radius 3 is 2.20 bits per heavy atom. The van der Waals surface area contributed by atoms with Crippen molar-refractivity contribution >= 4 is 27.6 Å². The van der Waals surface area contributed by atoms with Crippen LogP contribution in [0.3, 0.4) is 0 Å². The Kier molecular flexibility index (Phi) is 3.76. The van der Waals surface area contributed by atoms with E-state index in [1.54, 1.807) is 0 Å². The minimum Gasteiger partial charge on any atom is -0.456 e. The number of hydrogen-bond donors (Lipinski definition) is 0. The van der Waals surface area contributed by atoms with Gasteiger partial charge in [0.15, 0.2) is 0 Å². The molecule has 2 heteroatoms. The van der Waals surface area contributed by atoms with Gasteiger partial charge in [-0.05, 0) is 39.0 Å². The van der Waals surface area contributed by atoms with Gasteiger partial charge >= 0.3 is 0 Å². The van der Waals surface area contributed by atoms with Gasteiger partial charge in [-0.3, -0.25) is 0 Å². The van der Waals surface area contributed by atoms with Gasteiger partial charge in [-0.1, -0.05) is 54.6 Å². The lowest BCUT2D eigenvalue weighted by molar-refractivity contribution is 0.500. The van der Waals surface area contributed by atoms with Crippen LogP contribution in [0.5, 0.6) is 0 Å². The monoisotopic (exact) mass is 329 g/mol. The average molecular weight is 329 g/mol. The van der Waals surface area contributed by atoms with Crippen LogP contribution in [0.4, 0.5) is 5.69 Å². The number of benzene rings is 3. The van der Waals surface area contributed by atoms with Crippen molar-refractivity contribution in [2.75, 3.05) is 4.90 Å². The zero-order valence-corrected chi connectivity index (χ0v) is 15.0. The molecule has 0 spiro atoms. The number of para-hydroxylation sites is 3. The van der Waals surface area contributed by atoms with Crippen LogP contribution in [0.2, 0.25) is 0 Å². The fourth-order valence-corrected chi connectivity index (χ4v) is 3.42. The van der Waals surface area contributed by atoms with Gasteiger partial charge in [-0.25, -0.2) is 0 Å². The van der Waals surface area contributed by atoms with Crippen molar-refractivity contribution in [2.45, 2.75) is 32.9 Å². The standard InChI is InChI=1S/C23H23NO/c1-23(2,3)24(18-11-5-4-6-12-18)16-17-10-9-14-20-19-13-7-8-15-21(19)25-22(17)20/h4-15H,16H2,1-3H3. The van der Waals surface area contributed by atoms with Crippen LogP contribution in [-0.4, -0.2) is 5.54 Å². The first-order valence-corrected chi connectivity index (χ1v) is 8.76. The second kappa shape index (κ2) is 5.96. The summed E-state index contributed by atoms with van der Waals surface area (Å²) in [6, 6.07) is 25.3. The van der Waals surface area contributed by atoms with Crippen LogP contribution >= 0.6 is 0 Å². The molecule has 1 heterocycles. The topological polar surface area (TPSA) is 16.4 Å². The first kappa shape index (κ1) is 15.8. The van der Waals surface area contributed by atoms with Gasteiger partial charge in [0, 0.05) is 34.1 Å². The molecule has 0 bridgehead atoms. The van der Waals surface area contributed by atoms with Crippen molar-refractivity contribution in [1.29, 1.82) is 0 Å². The van der Waals surface area contributed by atoms with E-state index in [2.05, 4.69) is 86.3 Å². The smallest absolute Gasteiger partial charge is 0.140 e.